The van der Waals surface area contributed by atoms with Crippen LogP contribution in [0.25, 0.3) is 0 Å². The summed E-state index contributed by atoms with van der Waals surface area (Å²) < 4.78 is 5.55. The highest BCUT2D eigenvalue weighted by Gasteiger charge is 2.13. The second-order valence-electron chi connectivity index (χ2n) is 4.55. The van der Waals surface area contributed by atoms with Gasteiger partial charge in [0.1, 0.15) is 0 Å². The molecule has 0 saturated carbocycles. The predicted octanol–water partition coefficient (Wildman–Crippen LogP) is 1.30. The fraction of sp³-hybridized carbons (Fsp3) is 0.500. The van der Waals surface area contributed by atoms with Gasteiger partial charge < -0.3 is 15.8 Å². The lowest BCUT2D eigenvalue weighted by Crippen LogP contribution is -2.40. The molecule has 18 heavy (non-hydrogen) atoms. The van der Waals surface area contributed by atoms with Crippen molar-refractivity contribution in [2.45, 2.75) is 26.5 Å². The monoisotopic (exact) mass is 250 g/mol. The molecule has 1 amide bonds. The van der Waals surface area contributed by atoms with E-state index >= 15 is 0 Å². The van der Waals surface area contributed by atoms with Gasteiger partial charge in [-0.3, -0.25) is 4.79 Å². The summed E-state index contributed by atoms with van der Waals surface area (Å²) in [6.45, 7) is 5.16. The van der Waals surface area contributed by atoms with Crippen LogP contribution in [0.15, 0.2) is 30.3 Å². The maximum absolute atomic E-state index is 11.6. The molecule has 0 saturated heterocycles. The zero-order valence-electron chi connectivity index (χ0n) is 11.1. The third-order valence-electron chi connectivity index (χ3n) is 2.67. The fourth-order valence-corrected chi connectivity index (χ4v) is 1.46. The molecule has 1 aromatic rings. The third kappa shape index (κ3) is 5.29. The molecule has 4 heteroatoms. The van der Waals surface area contributed by atoms with Gasteiger partial charge in [-0.15, -0.1) is 0 Å². The minimum Gasteiger partial charge on any atom is -0.375 e. The Kier molecular flexibility index (Phi) is 6.39. The van der Waals surface area contributed by atoms with Crippen molar-refractivity contribution in [2.75, 3.05) is 13.2 Å². The third-order valence-corrected chi connectivity index (χ3v) is 2.67. The van der Waals surface area contributed by atoms with E-state index in [1.165, 1.54) is 0 Å². The van der Waals surface area contributed by atoms with Crippen LogP contribution < -0.4 is 11.1 Å². The largest absolute Gasteiger partial charge is 0.375 e. The summed E-state index contributed by atoms with van der Waals surface area (Å²) in [6, 6.07) is 9.95. The molecule has 0 aromatic heterocycles. The minimum absolute atomic E-state index is 0.00443. The van der Waals surface area contributed by atoms with Gasteiger partial charge >= 0.3 is 0 Å². The highest BCUT2D eigenvalue weighted by atomic mass is 16.5. The van der Waals surface area contributed by atoms with E-state index in [0.717, 1.165) is 5.56 Å². The fourth-order valence-electron chi connectivity index (χ4n) is 1.46. The second-order valence-corrected chi connectivity index (χ2v) is 4.55. The van der Waals surface area contributed by atoms with Crippen LogP contribution in [0.5, 0.6) is 0 Å². The summed E-state index contributed by atoms with van der Waals surface area (Å²) in [7, 11) is 0. The number of hydrogen-bond acceptors (Lipinski definition) is 3. The molecule has 3 N–H and O–H groups in total. The van der Waals surface area contributed by atoms with Crippen molar-refractivity contribution in [1.29, 1.82) is 0 Å². The number of ether oxygens (including phenoxy) is 1. The molecule has 100 valence electrons. The van der Waals surface area contributed by atoms with Gasteiger partial charge in [0, 0.05) is 18.5 Å². The number of carbonyl (C=O) groups excluding carboxylic acids is 1. The molecular formula is C14H22N2O2. The molecule has 0 aliphatic rings. The van der Waals surface area contributed by atoms with Crippen LogP contribution in [-0.2, 0) is 16.1 Å². The first-order chi connectivity index (χ1) is 8.63. The van der Waals surface area contributed by atoms with E-state index in [2.05, 4.69) is 5.32 Å². The van der Waals surface area contributed by atoms with Crippen LogP contribution in [0.2, 0.25) is 0 Å². The topological polar surface area (TPSA) is 64.3 Å². The van der Waals surface area contributed by atoms with Crippen LogP contribution in [-0.4, -0.2) is 25.1 Å². The standard InChI is InChI=1S/C14H22N2O2/c1-11(8-15)14(17)16-12(2)9-18-10-13-6-4-3-5-7-13/h3-7,11-12H,8-10,15H2,1-2H3,(H,16,17). The molecule has 1 rings (SSSR count). The average Bonchev–Trinajstić information content (AvgIpc) is 2.38. The predicted molar refractivity (Wildman–Crippen MR) is 71.9 cm³/mol. The summed E-state index contributed by atoms with van der Waals surface area (Å²) in [5.41, 5.74) is 6.56. The van der Waals surface area contributed by atoms with Gasteiger partial charge in [-0.25, -0.2) is 0 Å². The number of hydrogen-bond donors (Lipinski definition) is 2. The summed E-state index contributed by atoms with van der Waals surface area (Å²) >= 11 is 0. The van der Waals surface area contributed by atoms with Crippen LogP contribution in [0, 0.1) is 5.92 Å². The number of rotatable bonds is 7. The van der Waals surface area contributed by atoms with Crippen molar-refractivity contribution in [1.82, 2.24) is 5.32 Å². The summed E-state index contributed by atoms with van der Waals surface area (Å²) in [5, 5.41) is 2.87. The van der Waals surface area contributed by atoms with Crippen molar-refractivity contribution in [3.8, 4) is 0 Å². The molecule has 1 aromatic carbocycles. The highest BCUT2D eigenvalue weighted by Crippen LogP contribution is 2.01. The maximum Gasteiger partial charge on any atom is 0.224 e. The van der Waals surface area contributed by atoms with Crippen LogP contribution in [0.3, 0.4) is 0 Å². The maximum atomic E-state index is 11.6. The second kappa shape index (κ2) is 7.84. The number of benzene rings is 1. The molecule has 0 spiro atoms. The lowest BCUT2D eigenvalue weighted by atomic mass is 10.1. The molecular weight excluding hydrogens is 228 g/mol. The molecule has 0 radical (unpaired) electrons. The molecule has 0 aliphatic carbocycles. The summed E-state index contributed by atoms with van der Waals surface area (Å²) in [5.74, 6) is -0.171. The van der Waals surface area contributed by atoms with E-state index in [1.54, 1.807) is 0 Å². The Morgan fingerprint density at radius 2 is 2.00 bits per heavy atom. The SMILES string of the molecule is CC(COCc1ccccc1)NC(=O)C(C)CN. The van der Waals surface area contributed by atoms with Crippen molar-refractivity contribution in [3.05, 3.63) is 35.9 Å². The number of nitrogens with two attached hydrogens (primary N) is 1. The first-order valence-corrected chi connectivity index (χ1v) is 6.25. The Hall–Kier alpha value is -1.39. The van der Waals surface area contributed by atoms with Crippen molar-refractivity contribution in [3.63, 3.8) is 0 Å². The Morgan fingerprint density at radius 3 is 2.61 bits per heavy atom. The van der Waals surface area contributed by atoms with Gasteiger partial charge in [0.25, 0.3) is 0 Å². The van der Waals surface area contributed by atoms with Crippen LogP contribution in [0.4, 0.5) is 0 Å². The first-order valence-electron chi connectivity index (χ1n) is 6.25. The Bertz CT molecular complexity index is 354. The molecule has 0 bridgehead atoms. The van der Waals surface area contributed by atoms with Crippen molar-refractivity contribution >= 4 is 5.91 Å². The van der Waals surface area contributed by atoms with E-state index in [0.29, 0.717) is 19.8 Å². The number of carbonyl (C=O) groups is 1. The van der Waals surface area contributed by atoms with Gasteiger partial charge in [-0.2, -0.15) is 0 Å². The van der Waals surface area contributed by atoms with Crippen molar-refractivity contribution in [2.24, 2.45) is 11.7 Å². The molecule has 2 unspecified atom stereocenters. The zero-order chi connectivity index (χ0) is 13.4. The number of amides is 1. The smallest absolute Gasteiger partial charge is 0.224 e. The summed E-state index contributed by atoms with van der Waals surface area (Å²) in [4.78, 5) is 11.6. The van der Waals surface area contributed by atoms with Crippen LogP contribution in [0.1, 0.15) is 19.4 Å². The lowest BCUT2D eigenvalue weighted by Gasteiger charge is -2.16. The first kappa shape index (κ1) is 14.7. The Labute approximate surface area is 109 Å². The highest BCUT2D eigenvalue weighted by molar-refractivity contribution is 5.78. The molecule has 4 nitrogen and oxygen atoms in total. The van der Waals surface area contributed by atoms with E-state index in [4.69, 9.17) is 10.5 Å². The average molecular weight is 250 g/mol. The molecule has 2 atom stereocenters. The zero-order valence-corrected chi connectivity index (χ0v) is 11.1. The van der Waals surface area contributed by atoms with Gasteiger partial charge in [0.2, 0.25) is 5.91 Å². The van der Waals surface area contributed by atoms with Crippen molar-refractivity contribution < 1.29 is 9.53 Å². The lowest BCUT2D eigenvalue weighted by molar-refractivity contribution is -0.125. The summed E-state index contributed by atoms with van der Waals surface area (Å²) in [6.07, 6.45) is 0. The normalized spacial score (nSPS) is 13.9. The molecule has 0 aliphatic heterocycles. The van der Waals surface area contributed by atoms with Gasteiger partial charge in [0.05, 0.1) is 13.2 Å². The quantitative estimate of drug-likeness (QED) is 0.766. The van der Waals surface area contributed by atoms with E-state index in [9.17, 15) is 4.79 Å². The van der Waals surface area contributed by atoms with Gasteiger partial charge in [-0.1, -0.05) is 37.3 Å². The molecule has 0 heterocycles. The van der Waals surface area contributed by atoms with E-state index in [1.807, 2.05) is 44.2 Å². The van der Waals surface area contributed by atoms with Gasteiger partial charge in [0.15, 0.2) is 0 Å². The Balaban J connectivity index is 2.21. The minimum atomic E-state index is -0.151. The number of nitrogens with one attached hydrogen (secondary N) is 1. The molecule has 0 fully saturated rings. The van der Waals surface area contributed by atoms with Gasteiger partial charge in [-0.05, 0) is 12.5 Å². The van der Waals surface area contributed by atoms with Crippen LogP contribution >= 0.6 is 0 Å². The van der Waals surface area contributed by atoms with E-state index < -0.39 is 0 Å². The Morgan fingerprint density at radius 1 is 1.33 bits per heavy atom. The van der Waals surface area contributed by atoms with E-state index in [-0.39, 0.29) is 17.9 Å².